The molecule has 28 aromatic rings. The van der Waals surface area contributed by atoms with Gasteiger partial charge in [-0.3, -0.25) is 9.13 Å². The quantitative estimate of drug-likeness (QED) is 0.128. The fourth-order valence-corrected chi connectivity index (χ4v) is 20.6. The van der Waals surface area contributed by atoms with Gasteiger partial charge in [-0.05, 0) is 158 Å². The molecule has 0 saturated carbocycles. The van der Waals surface area contributed by atoms with Gasteiger partial charge in [0.25, 0.3) is 0 Å². The van der Waals surface area contributed by atoms with Gasteiger partial charge in [-0.15, -0.1) is 0 Å². The molecule has 18 aromatic carbocycles. The molecule has 0 saturated heterocycles. The fraction of sp³-hybridized carbons (Fsp3) is 0. The van der Waals surface area contributed by atoms with Crippen LogP contribution in [-0.4, -0.2) is 57.3 Å². The fourth-order valence-electron chi connectivity index (χ4n) is 20.6. The lowest BCUT2D eigenvalue weighted by molar-refractivity contribution is 0.669. The van der Waals surface area contributed by atoms with Gasteiger partial charge in [0.15, 0.2) is 23.3 Å². The number of hydrogen-bond acceptors (Lipinski definition) is 10. The van der Waals surface area contributed by atoms with Crippen LogP contribution in [0.1, 0.15) is 11.1 Å². The summed E-state index contributed by atoms with van der Waals surface area (Å²) < 4.78 is 26.8. The average Bonchev–Trinajstić information content (AvgIpc) is 1.55. The molecule has 0 N–H and O–H groups in total. The first-order chi connectivity index (χ1) is 65.4. The number of furan rings is 2. The summed E-state index contributed by atoms with van der Waals surface area (Å²) in [4.78, 5) is 30.7. The molecule has 16 nitrogen and oxygen atoms in total. The average molecular weight is 1690 g/mol. The summed E-state index contributed by atoms with van der Waals surface area (Å²) in [6.07, 6.45) is 0. The Hall–Kier alpha value is -18.6. The molecule has 28 rings (SSSR count). The molecule has 0 spiro atoms. The molecular formula is C116H66N14O2. The zero-order valence-corrected chi connectivity index (χ0v) is 70.2. The number of fused-ring (bicyclic) bond motifs is 26. The van der Waals surface area contributed by atoms with Gasteiger partial charge in [-0.1, -0.05) is 243 Å². The Labute approximate surface area is 750 Å². The Kier molecular flexibility index (Phi) is 16.2. The van der Waals surface area contributed by atoms with E-state index in [-0.39, 0.29) is 0 Å². The van der Waals surface area contributed by atoms with E-state index < -0.39 is 0 Å². The van der Waals surface area contributed by atoms with Crippen molar-refractivity contribution < 1.29 is 8.83 Å². The van der Waals surface area contributed by atoms with E-state index in [0.717, 1.165) is 203 Å². The minimum Gasteiger partial charge on any atom is -0.456 e. The highest BCUT2D eigenvalue weighted by molar-refractivity contribution is 6.30. The molecular weight excluding hydrogens is 1620 g/mol. The first-order valence-corrected chi connectivity index (χ1v) is 43.8. The zero-order valence-electron chi connectivity index (χ0n) is 70.2. The summed E-state index contributed by atoms with van der Waals surface area (Å²) in [6.45, 7) is 0. The summed E-state index contributed by atoms with van der Waals surface area (Å²) in [5.74, 6) is 3.02. The van der Waals surface area contributed by atoms with Crippen LogP contribution in [0.4, 0.5) is 0 Å². The van der Waals surface area contributed by atoms with Crippen LogP contribution in [0.15, 0.2) is 409 Å². The lowest BCUT2D eigenvalue weighted by atomic mass is 10.0. The van der Waals surface area contributed by atoms with Gasteiger partial charge in [0.05, 0.1) is 94.1 Å². The first kappa shape index (κ1) is 73.7. The van der Waals surface area contributed by atoms with Gasteiger partial charge in [-0.2, -0.15) is 30.5 Å². The van der Waals surface area contributed by atoms with Crippen LogP contribution in [0.5, 0.6) is 0 Å². The van der Waals surface area contributed by atoms with Crippen LogP contribution in [0.2, 0.25) is 0 Å². The van der Waals surface area contributed by atoms with Crippen LogP contribution in [0, 0.1) is 22.7 Å². The summed E-state index contributed by atoms with van der Waals surface area (Å²) in [5, 5.41) is 39.5. The van der Waals surface area contributed by atoms with Gasteiger partial charge in [0, 0.05) is 114 Å². The SMILES string of the molecule is N#Cc1cc(-c2nc(-c3ccccc3)nc(-n3c4ccccc4c4ccccc43)n2)ccc1-n1c2ccccc2c2cc3oc4ccc5c(c6ccccc6n5-c5ccccc5)c4c3cc21.N#Cc1cc(-c2nc(-c3ccccc3)nc(-n3c4ccccc4c4ccccc43)n2)ccc1-n1c2ccccc2c2cc3oc4ccc5c6ccccc6n(-c6ccccc6)c5c4c3cc21. The number of nitriles is 2. The van der Waals surface area contributed by atoms with E-state index in [1.54, 1.807) is 0 Å². The third-order valence-electron chi connectivity index (χ3n) is 26.3. The third-order valence-corrected chi connectivity index (χ3v) is 26.3. The van der Waals surface area contributed by atoms with Gasteiger partial charge in [0.2, 0.25) is 11.9 Å². The van der Waals surface area contributed by atoms with E-state index in [1.807, 2.05) is 146 Å². The highest BCUT2D eigenvalue weighted by Crippen LogP contribution is 2.49. The van der Waals surface area contributed by atoms with Crippen LogP contribution in [0.25, 0.3) is 255 Å². The standard InChI is InChI=1S/2C58H33N7O/c59-34-37-31-36(57-60-56(35-15-3-1-4-16-35)61-58(62-57)65-49-25-13-7-19-39(49)40-20-8-14-26-50(40)65)27-29-46(37)64-48-24-12-10-22-42(48)44-33-53-45(32-51(44)64)54-52(66-53)30-28-43-41-21-9-11-23-47(41)63(55(43)54)38-17-5-2-6-18-38;59-34-37-31-36(57-60-56(35-15-3-1-4-16-35)61-58(62-57)65-47-24-12-7-19-39(47)40-20-8-13-25-48(40)65)27-28-45(37)64-46-23-11-9-21-41(46)43-33-53-44(32-51(43)64)55-52(66-53)30-29-50-54(55)42-22-10-14-26-49(42)63(50)38-17-5-2-6-18-38/h2*1-33H. The van der Waals surface area contributed by atoms with Gasteiger partial charge in [-0.25, -0.2) is 9.97 Å². The maximum atomic E-state index is 11.1. The van der Waals surface area contributed by atoms with Crippen molar-refractivity contribution in [1.82, 2.24) is 57.3 Å². The lowest BCUT2D eigenvalue weighted by Crippen LogP contribution is -2.06. The Morgan fingerprint density at radius 2 is 0.523 bits per heavy atom. The highest BCUT2D eigenvalue weighted by Gasteiger charge is 2.29. The summed E-state index contributed by atoms with van der Waals surface area (Å²) in [5.41, 5.74) is 23.4. The van der Waals surface area contributed by atoms with Crippen molar-refractivity contribution in [3.63, 3.8) is 0 Å². The molecule has 0 atom stereocenters. The smallest absolute Gasteiger partial charge is 0.238 e. The second kappa shape index (κ2) is 29.0. The molecule has 10 aromatic heterocycles. The molecule has 0 aliphatic heterocycles. The molecule has 0 fully saturated rings. The van der Waals surface area contributed by atoms with Crippen molar-refractivity contribution in [3.05, 3.63) is 412 Å². The topological polar surface area (TPSA) is 181 Å². The molecule has 0 radical (unpaired) electrons. The molecule has 0 unspecified atom stereocenters. The first-order valence-electron chi connectivity index (χ1n) is 43.8. The van der Waals surface area contributed by atoms with Crippen molar-refractivity contribution in [2.24, 2.45) is 0 Å². The van der Waals surface area contributed by atoms with E-state index in [1.165, 1.54) is 5.39 Å². The number of benzene rings is 18. The Balaban J connectivity index is 0.000000135. The van der Waals surface area contributed by atoms with Crippen molar-refractivity contribution >= 4 is 175 Å². The maximum Gasteiger partial charge on any atom is 0.238 e. The Morgan fingerprint density at radius 3 is 0.947 bits per heavy atom. The van der Waals surface area contributed by atoms with E-state index in [0.29, 0.717) is 57.4 Å². The molecule has 16 heteroatoms. The molecule has 0 aliphatic rings. The van der Waals surface area contributed by atoms with Crippen LogP contribution in [-0.2, 0) is 0 Å². The van der Waals surface area contributed by atoms with Crippen molar-refractivity contribution in [1.29, 1.82) is 10.5 Å². The predicted octanol–water partition coefficient (Wildman–Crippen LogP) is 28.5. The number of rotatable bonds is 10. The van der Waals surface area contributed by atoms with E-state index in [9.17, 15) is 10.5 Å². The van der Waals surface area contributed by atoms with E-state index >= 15 is 0 Å². The van der Waals surface area contributed by atoms with E-state index in [2.05, 4.69) is 294 Å². The summed E-state index contributed by atoms with van der Waals surface area (Å²) in [7, 11) is 0. The molecule has 0 amide bonds. The second-order valence-electron chi connectivity index (χ2n) is 33.4. The van der Waals surface area contributed by atoms with Gasteiger partial charge < -0.3 is 27.1 Å². The zero-order chi connectivity index (χ0) is 86.9. The normalized spacial score (nSPS) is 11.9. The van der Waals surface area contributed by atoms with Crippen LogP contribution < -0.4 is 0 Å². The van der Waals surface area contributed by atoms with Crippen LogP contribution >= 0.6 is 0 Å². The monoisotopic (exact) mass is 1690 g/mol. The number of para-hydroxylation sites is 10. The summed E-state index contributed by atoms with van der Waals surface area (Å²) in [6, 6.07) is 143. The predicted molar refractivity (Wildman–Crippen MR) is 531 cm³/mol. The van der Waals surface area contributed by atoms with Crippen molar-refractivity contribution in [3.8, 4) is 92.3 Å². The van der Waals surface area contributed by atoms with Crippen molar-refractivity contribution in [2.45, 2.75) is 0 Å². The highest BCUT2D eigenvalue weighted by atomic mass is 16.3. The Bertz CT molecular complexity index is 9730. The molecule has 10 heterocycles. The largest absolute Gasteiger partial charge is 0.456 e. The molecule has 0 bridgehead atoms. The van der Waals surface area contributed by atoms with E-state index in [4.69, 9.17) is 38.7 Å². The summed E-state index contributed by atoms with van der Waals surface area (Å²) >= 11 is 0. The maximum absolute atomic E-state index is 11.1. The third kappa shape index (κ3) is 11.1. The molecule has 612 valence electrons. The second-order valence-corrected chi connectivity index (χ2v) is 33.4. The van der Waals surface area contributed by atoms with Crippen LogP contribution in [0.3, 0.4) is 0 Å². The van der Waals surface area contributed by atoms with Crippen molar-refractivity contribution in [2.75, 3.05) is 0 Å². The van der Waals surface area contributed by atoms with Gasteiger partial charge in [0.1, 0.15) is 34.5 Å². The molecule has 0 aliphatic carbocycles. The minimum atomic E-state index is 0.468. The number of nitrogens with zero attached hydrogens (tertiary/aromatic N) is 14. The lowest BCUT2D eigenvalue weighted by Gasteiger charge is -2.13. The molecule has 132 heavy (non-hydrogen) atoms. The number of hydrogen-bond donors (Lipinski definition) is 0. The van der Waals surface area contributed by atoms with Gasteiger partial charge >= 0.3 is 0 Å². The number of aromatic nitrogens is 12. The minimum absolute atomic E-state index is 0.468. The Morgan fingerprint density at radius 1 is 0.197 bits per heavy atom.